The minimum absolute atomic E-state index is 0.209. The number of amides is 1. The molecule has 142 valence electrons. The van der Waals surface area contributed by atoms with E-state index in [1.807, 2.05) is 19.1 Å². The third-order valence-corrected chi connectivity index (χ3v) is 4.45. The lowest BCUT2D eigenvalue weighted by molar-refractivity contribution is -0.119. The monoisotopic (exact) mass is 435 g/mol. The van der Waals surface area contributed by atoms with Crippen LogP contribution < -0.4 is 19.5 Å². The standard InChI is InChI=1S/C19H18BrNO6/c1-11-3-4-14(13(20)7-11)21-17(22)10-27-19(23)12-8-15(24-2)18-16(9-12)25-5-6-26-18/h3-4,7-9H,5-6,10H2,1-2H3,(H,21,22). The number of esters is 1. The van der Waals surface area contributed by atoms with Gasteiger partial charge in [-0.05, 0) is 52.7 Å². The molecule has 0 spiro atoms. The molecule has 0 bridgehead atoms. The van der Waals surface area contributed by atoms with Gasteiger partial charge in [0, 0.05) is 4.47 Å². The first-order chi connectivity index (χ1) is 13.0. The van der Waals surface area contributed by atoms with Gasteiger partial charge in [-0.2, -0.15) is 0 Å². The van der Waals surface area contributed by atoms with Gasteiger partial charge in [0.2, 0.25) is 5.75 Å². The van der Waals surface area contributed by atoms with Crippen molar-refractivity contribution in [1.82, 2.24) is 0 Å². The van der Waals surface area contributed by atoms with Crippen LogP contribution in [-0.4, -0.2) is 38.8 Å². The highest BCUT2D eigenvalue weighted by molar-refractivity contribution is 9.10. The average Bonchev–Trinajstić information content (AvgIpc) is 2.67. The topological polar surface area (TPSA) is 83.1 Å². The summed E-state index contributed by atoms with van der Waals surface area (Å²) in [5.74, 6) is 0.107. The number of aryl methyl sites for hydroxylation is 1. The van der Waals surface area contributed by atoms with Gasteiger partial charge in [-0.15, -0.1) is 0 Å². The van der Waals surface area contributed by atoms with E-state index in [0.717, 1.165) is 10.0 Å². The van der Waals surface area contributed by atoms with E-state index in [0.29, 0.717) is 36.1 Å². The van der Waals surface area contributed by atoms with E-state index in [4.69, 9.17) is 18.9 Å². The van der Waals surface area contributed by atoms with Crippen molar-refractivity contribution >= 4 is 33.5 Å². The van der Waals surface area contributed by atoms with Crippen molar-refractivity contribution in [3.8, 4) is 17.2 Å². The van der Waals surface area contributed by atoms with Gasteiger partial charge in [-0.25, -0.2) is 4.79 Å². The molecule has 0 saturated carbocycles. The first kappa shape index (κ1) is 19.0. The van der Waals surface area contributed by atoms with Crippen molar-refractivity contribution in [1.29, 1.82) is 0 Å². The molecule has 7 nitrogen and oxygen atoms in total. The van der Waals surface area contributed by atoms with Gasteiger partial charge in [0.05, 0.1) is 18.4 Å². The summed E-state index contributed by atoms with van der Waals surface area (Å²) in [6.07, 6.45) is 0. The number of carbonyl (C=O) groups excluding carboxylic acids is 2. The summed E-state index contributed by atoms with van der Waals surface area (Å²) < 4.78 is 22.1. The van der Waals surface area contributed by atoms with Crippen molar-refractivity contribution in [2.75, 3.05) is 32.2 Å². The number of benzene rings is 2. The molecule has 0 aromatic heterocycles. The Balaban J connectivity index is 1.64. The van der Waals surface area contributed by atoms with Crippen LogP contribution in [0, 0.1) is 6.92 Å². The Hall–Kier alpha value is -2.74. The highest BCUT2D eigenvalue weighted by Crippen LogP contribution is 2.40. The number of methoxy groups -OCH3 is 1. The number of fused-ring (bicyclic) bond motifs is 1. The third-order valence-electron chi connectivity index (χ3n) is 3.80. The normalized spacial score (nSPS) is 12.3. The Morgan fingerprint density at radius 2 is 1.96 bits per heavy atom. The van der Waals surface area contributed by atoms with Crippen LogP contribution in [0.5, 0.6) is 17.2 Å². The van der Waals surface area contributed by atoms with Crippen LogP contribution in [0.4, 0.5) is 5.69 Å². The largest absolute Gasteiger partial charge is 0.493 e. The van der Waals surface area contributed by atoms with E-state index in [-0.39, 0.29) is 5.56 Å². The average molecular weight is 436 g/mol. The van der Waals surface area contributed by atoms with Gasteiger partial charge >= 0.3 is 5.97 Å². The summed E-state index contributed by atoms with van der Waals surface area (Å²) >= 11 is 3.38. The molecule has 1 aliphatic rings. The van der Waals surface area contributed by atoms with Crippen LogP contribution in [0.3, 0.4) is 0 Å². The fourth-order valence-electron chi connectivity index (χ4n) is 2.51. The van der Waals surface area contributed by atoms with Gasteiger partial charge in [-0.3, -0.25) is 4.79 Å². The molecule has 0 radical (unpaired) electrons. The lowest BCUT2D eigenvalue weighted by Crippen LogP contribution is -2.21. The number of nitrogens with one attached hydrogen (secondary N) is 1. The maximum Gasteiger partial charge on any atom is 0.338 e. The zero-order chi connectivity index (χ0) is 19.4. The molecule has 1 amide bonds. The lowest BCUT2D eigenvalue weighted by Gasteiger charge is -2.21. The molecular weight excluding hydrogens is 418 g/mol. The zero-order valence-corrected chi connectivity index (χ0v) is 16.4. The van der Waals surface area contributed by atoms with Gasteiger partial charge in [-0.1, -0.05) is 6.07 Å². The maximum atomic E-state index is 12.3. The van der Waals surface area contributed by atoms with Crippen LogP contribution in [0.25, 0.3) is 0 Å². The molecule has 8 heteroatoms. The molecule has 1 heterocycles. The van der Waals surface area contributed by atoms with Crippen LogP contribution in [0.15, 0.2) is 34.8 Å². The Morgan fingerprint density at radius 1 is 1.19 bits per heavy atom. The predicted octanol–water partition coefficient (Wildman–Crippen LogP) is 3.33. The molecule has 2 aromatic carbocycles. The molecule has 0 atom stereocenters. The molecule has 0 fully saturated rings. The van der Waals surface area contributed by atoms with Crippen LogP contribution in [0.2, 0.25) is 0 Å². The van der Waals surface area contributed by atoms with E-state index < -0.39 is 18.5 Å². The van der Waals surface area contributed by atoms with Crippen LogP contribution >= 0.6 is 15.9 Å². The lowest BCUT2D eigenvalue weighted by atomic mass is 10.1. The number of rotatable bonds is 5. The Labute approximate surface area is 164 Å². The maximum absolute atomic E-state index is 12.3. The van der Waals surface area contributed by atoms with Gasteiger partial charge in [0.15, 0.2) is 18.1 Å². The van der Waals surface area contributed by atoms with Crippen molar-refractivity contribution in [3.05, 3.63) is 45.9 Å². The SMILES string of the molecule is COc1cc(C(=O)OCC(=O)Nc2ccc(C)cc2Br)cc2c1OCCO2. The van der Waals surface area contributed by atoms with E-state index in [2.05, 4.69) is 21.2 Å². The summed E-state index contributed by atoms with van der Waals surface area (Å²) in [6.45, 7) is 2.31. The molecule has 3 rings (SSSR count). The van der Waals surface area contributed by atoms with Crippen LogP contribution in [-0.2, 0) is 9.53 Å². The summed E-state index contributed by atoms with van der Waals surface area (Å²) in [5.41, 5.74) is 1.86. The second-order valence-electron chi connectivity index (χ2n) is 5.81. The number of hydrogen-bond acceptors (Lipinski definition) is 6. The number of hydrogen-bond donors (Lipinski definition) is 1. The quantitative estimate of drug-likeness (QED) is 0.725. The Kier molecular flexibility index (Phi) is 5.85. The predicted molar refractivity (Wildman–Crippen MR) is 102 cm³/mol. The first-order valence-corrected chi connectivity index (χ1v) is 8.98. The van der Waals surface area contributed by atoms with E-state index in [1.165, 1.54) is 19.2 Å². The number of halogens is 1. The molecular formula is C19H18BrNO6. The second-order valence-corrected chi connectivity index (χ2v) is 6.66. The van der Waals surface area contributed by atoms with Crippen molar-refractivity contribution in [2.45, 2.75) is 6.92 Å². The second kappa shape index (κ2) is 8.30. The first-order valence-electron chi connectivity index (χ1n) is 8.18. The minimum atomic E-state index is -0.664. The fourth-order valence-corrected chi connectivity index (χ4v) is 3.11. The Bertz CT molecular complexity index is 865. The molecule has 0 unspecified atom stereocenters. The van der Waals surface area contributed by atoms with Gasteiger partial charge < -0.3 is 24.3 Å². The summed E-state index contributed by atoms with van der Waals surface area (Å²) in [7, 11) is 1.47. The smallest absolute Gasteiger partial charge is 0.338 e. The van der Waals surface area contributed by atoms with Crippen LogP contribution in [0.1, 0.15) is 15.9 Å². The van der Waals surface area contributed by atoms with Crippen molar-refractivity contribution in [2.24, 2.45) is 0 Å². The van der Waals surface area contributed by atoms with Crippen molar-refractivity contribution in [3.63, 3.8) is 0 Å². The molecule has 1 aliphatic heterocycles. The molecule has 1 N–H and O–H groups in total. The summed E-state index contributed by atoms with van der Waals surface area (Å²) in [6, 6.07) is 8.51. The van der Waals surface area contributed by atoms with Gasteiger partial charge in [0.25, 0.3) is 5.91 Å². The zero-order valence-electron chi connectivity index (χ0n) is 14.8. The molecule has 2 aromatic rings. The van der Waals surface area contributed by atoms with E-state index >= 15 is 0 Å². The summed E-state index contributed by atoms with van der Waals surface area (Å²) in [4.78, 5) is 24.4. The molecule has 27 heavy (non-hydrogen) atoms. The van der Waals surface area contributed by atoms with Crippen molar-refractivity contribution < 1.29 is 28.5 Å². The minimum Gasteiger partial charge on any atom is -0.493 e. The van der Waals surface area contributed by atoms with Gasteiger partial charge in [0.1, 0.15) is 13.2 Å². The Morgan fingerprint density at radius 3 is 2.70 bits per heavy atom. The third kappa shape index (κ3) is 4.51. The van der Waals surface area contributed by atoms with E-state index in [1.54, 1.807) is 6.07 Å². The number of ether oxygens (including phenoxy) is 4. The summed E-state index contributed by atoms with van der Waals surface area (Å²) in [5, 5.41) is 2.68. The highest BCUT2D eigenvalue weighted by Gasteiger charge is 2.22. The molecule has 0 saturated heterocycles. The number of anilines is 1. The van der Waals surface area contributed by atoms with E-state index in [9.17, 15) is 9.59 Å². The number of carbonyl (C=O) groups is 2. The molecule has 0 aliphatic carbocycles. The highest BCUT2D eigenvalue weighted by atomic mass is 79.9. The fraction of sp³-hybridized carbons (Fsp3) is 0.263.